The van der Waals surface area contributed by atoms with Crippen LogP contribution in [0, 0.1) is 12.8 Å². The normalized spacial score (nSPS) is 17.9. The van der Waals surface area contributed by atoms with Crippen LogP contribution in [0.5, 0.6) is 0 Å². The molecule has 10 heteroatoms. The lowest BCUT2D eigenvalue weighted by atomic mass is 9.99. The van der Waals surface area contributed by atoms with Gasteiger partial charge in [0.15, 0.2) is 4.80 Å². The smallest absolute Gasteiger partial charge is 0.325 e. The SMILES string of the molecule is COC(=O)Cn1c(=NC(=O)C2CCCN(S(=O)(=O)c3ccc(C)cc3)C2)sc2ccccc21. The van der Waals surface area contributed by atoms with E-state index in [1.807, 2.05) is 31.2 Å². The lowest BCUT2D eigenvalue weighted by Crippen LogP contribution is -2.42. The topological polar surface area (TPSA) is 98.0 Å². The van der Waals surface area contributed by atoms with Gasteiger partial charge in [0.05, 0.1) is 28.1 Å². The second kappa shape index (κ2) is 9.58. The Hall–Kier alpha value is -2.82. The van der Waals surface area contributed by atoms with Gasteiger partial charge in [-0.1, -0.05) is 41.2 Å². The number of hydrogen-bond acceptors (Lipinski definition) is 6. The van der Waals surface area contributed by atoms with Crippen LogP contribution in [0.3, 0.4) is 0 Å². The number of aryl methyl sites for hydroxylation is 1. The number of ether oxygens (including phenoxy) is 1. The Balaban J connectivity index is 1.62. The number of carbonyl (C=O) groups excluding carboxylic acids is 2. The summed E-state index contributed by atoms with van der Waals surface area (Å²) in [4.78, 5) is 30.0. The maximum absolute atomic E-state index is 13.1. The molecule has 0 saturated carbocycles. The van der Waals surface area contributed by atoms with Crippen molar-refractivity contribution < 1.29 is 22.7 Å². The van der Waals surface area contributed by atoms with Crippen LogP contribution in [0.25, 0.3) is 10.2 Å². The van der Waals surface area contributed by atoms with Gasteiger partial charge in [0.1, 0.15) is 6.54 Å². The summed E-state index contributed by atoms with van der Waals surface area (Å²) < 4.78 is 34.9. The first-order valence-electron chi connectivity index (χ1n) is 10.6. The molecule has 0 N–H and O–H groups in total. The molecule has 174 valence electrons. The molecule has 1 aromatic heterocycles. The Morgan fingerprint density at radius 1 is 1.15 bits per heavy atom. The Labute approximate surface area is 196 Å². The maximum Gasteiger partial charge on any atom is 0.325 e. The number of benzene rings is 2. The molecule has 1 atom stereocenters. The molecule has 8 nitrogen and oxygen atoms in total. The number of nitrogens with zero attached hydrogens (tertiary/aromatic N) is 3. The molecule has 1 fully saturated rings. The number of thiazole rings is 1. The van der Waals surface area contributed by atoms with E-state index in [0.29, 0.717) is 24.2 Å². The molecule has 1 amide bonds. The van der Waals surface area contributed by atoms with Crippen molar-refractivity contribution in [2.24, 2.45) is 10.9 Å². The van der Waals surface area contributed by atoms with Crippen molar-refractivity contribution in [1.29, 1.82) is 0 Å². The van der Waals surface area contributed by atoms with Gasteiger partial charge in [-0.25, -0.2) is 8.42 Å². The maximum atomic E-state index is 13.1. The molecule has 1 unspecified atom stereocenters. The predicted octanol–water partition coefficient (Wildman–Crippen LogP) is 2.71. The lowest BCUT2D eigenvalue weighted by Gasteiger charge is -2.30. The second-order valence-corrected chi connectivity index (χ2v) is 10.9. The monoisotopic (exact) mass is 487 g/mol. The van der Waals surface area contributed by atoms with Crippen LogP contribution < -0.4 is 4.80 Å². The van der Waals surface area contributed by atoms with E-state index in [9.17, 15) is 18.0 Å². The molecule has 3 aromatic rings. The summed E-state index contributed by atoms with van der Waals surface area (Å²) in [5.74, 6) is -1.37. The van der Waals surface area contributed by atoms with Crippen molar-refractivity contribution in [2.45, 2.75) is 31.2 Å². The van der Waals surface area contributed by atoms with Crippen LogP contribution in [-0.4, -0.2) is 49.4 Å². The second-order valence-electron chi connectivity index (χ2n) is 7.98. The van der Waals surface area contributed by atoms with E-state index in [0.717, 1.165) is 15.8 Å². The van der Waals surface area contributed by atoms with E-state index in [1.54, 1.807) is 28.8 Å². The third-order valence-electron chi connectivity index (χ3n) is 5.70. The van der Waals surface area contributed by atoms with Crippen molar-refractivity contribution in [3.8, 4) is 0 Å². The van der Waals surface area contributed by atoms with E-state index in [1.165, 1.54) is 22.8 Å². The summed E-state index contributed by atoms with van der Waals surface area (Å²) in [5.41, 5.74) is 1.76. The van der Waals surface area contributed by atoms with Gasteiger partial charge in [-0.05, 0) is 44.0 Å². The van der Waals surface area contributed by atoms with Crippen molar-refractivity contribution in [1.82, 2.24) is 8.87 Å². The number of methoxy groups -OCH3 is 1. The highest BCUT2D eigenvalue weighted by Gasteiger charge is 2.33. The van der Waals surface area contributed by atoms with Gasteiger partial charge in [0, 0.05) is 13.1 Å². The van der Waals surface area contributed by atoms with E-state index in [-0.39, 0.29) is 23.9 Å². The van der Waals surface area contributed by atoms with Gasteiger partial charge in [-0.2, -0.15) is 9.30 Å². The Bertz CT molecular complexity index is 1360. The van der Waals surface area contributed by atoms with Crippen molar-refractivity contribution in [3.63, 3.8) is 0 Å². The summed E-state index contributed by atoms with van der Waals surface area (Å²) in [7, 11) is -2.38. The van der Waals surface area contributed by atoms with Gasteiger partial charge in [-0.15, -0.1) is 0 Å². The number of carbonyl (C=O) groups is 2. The average molecular weight is 488 g/mol. The minimum absolute atomic E-state index is 0.0643. The van der Waals surface area contributed by atoms with Crippen LogP contribution in [-0.2, 0) is 30.9 Å². The molecular weight excluding hydrogens is 462 g/mol. The minimum atomic E-state index is -3.69. The van der Waals surface area contributed by atoms with Crippen molar-refractivity contribution in [3.05, 3.63) is 58.9 Å². The van der Waals surface area contributed by atoms with Crippen LogP contribution in [0.2, 0.25) is 0 Å². The van der Waals surface area contributed by atoms with Gasteiger partial charge in [-0.3, -0.25) is 9.59 Å². The highest BCUT2D eigenvalue weighted by molar-refractivity contribution is 7.89. The van der Waals surface area contributed by atoms with Crippen molar-refractivity contribution >= 4 is 43.5 Å². The minimum Gasteiger partial charge on any atom is -0.468 e. The molecule has 1 aliphatic heterocycles. The number of amides is 1. The predicted molar refractivity (Wildman–Crippen MR) is 125 cm³/mol. The molecular formula is C23H25N3O5S2. The number of esters is 1. The Morgan fingerprint density at radius 3 is 2.61 bits per heavy atom. The van der Waals surface area contributed by atoms with Crippen molar-refractivity contribution in [2.75, 3.05) is 20.2 Å². The number of fused-ring (bicyclic) bond motifs is 1. The highest BCUT2D eigenvalue weighted by atomic mass is 32.2. The molecule has 1 saturated heterocycles. The molecule has 0 spiro atoms. The lowest BCUT2D eigenvalue weighted by molar-refractivity contribution is -0.141. The first-order chi connectivity index (χ1) is 15.8. The molecule has 0 aliphatic carbocycles. The van der Waals surface area contributed by atoms with E-state index in [2.05, 4.69) is 4.99 Å². The van der Waals surface area contributed by atoms with Crippen LogP contribution >= 0.6 is 11.3 Å². The zero-order valence-electron chi connectivity index (χ0n) is 18.4. The molecule has 0 bridgehead atoms. The summed E-state index contributed by atoms with van der Waals surface area (Å²) in [6, 6.07) is 14.2. The Kier molecular flexibility index (Phi) is 6.78. The molecule has 2 aromatic carbocycles. The Morgan fingerprint density at radius 2 is 1.88 bits per heavy atom. The molecule has 4 rings (SSSR count). The van der Waals surface area contributed by atoms with Gasteiger partial charge in [0.25, 0.3) is 5.91 Å². The highest BCUT2D eigenvalue weighted by Crippen LogP contribution is 2.25. The van der Waals surface area contributed by atoms with Gasteiger partial charge < -0.3 is 9.30 Å². The summed E-state index contributed by atoms with van der Waals surface area (Å²) in [5, 5.41) is 0. The molecule has 0 radical (unpaired) electrons. The number of aromatic nitrogens is 1. The van der Waals surface area contributed by atoms with E-state index < -0.39 is 21.9 Å². The third-order valence-corrected chi connectivity index (χ3v) is 8.64. The van der Waals surface area contributed by atoms with Gasteiger partial charge in [0.2, 0.25) is 10.0 Å². The fourth-order valence-corrected chi connectivity index (χ4v) is 6.42. The number of hydrogen-bond donors (Lipinski definition) is 0. The zero-order valence-corrected chi connectivity index (χ0v) is 20.1. The number of sulfonamides is 1. The third kappa shape index (κ3) is 4.92. The molecule has 1 aliphatic rings. The zero-order chi connectivity index (χ0) is 23.6. The quantitative estimate of drug-likeness (QED) is 0.516. The molecule has 33 heavy (non-hydrogen) atoms. The standard InChI is InChI=1S/C23H25N3O5S2/c1-16-9-11-18(12-10-16)33(29,30)25-13-5-6-17(14-25)22(28)24-23-26(15-21(27)31-2)19-7-3-4-8-20(19)32-23/h3-4,7-12,17H,5-6,13-15H2,1-2H3. The summed E-state index contributed by atoms with van der Waals surface area (Å²) in [6.07, 6.45) is 1.13. The van der Waals surface area contributed by atoms with Crippen LogP contribution in [0.4, 0.5) is 0 Å². The van der Waals surface area contributed by atoms with Crippen LogP contribution in [0.15, 0.2) is 58.4 Å². The largest absolute Gasteiger partial charge is 0.468 e. The van der Waals surface area contributed by atoms with E-state index >= 15 is 0 Å². The van der Waals surface area contributed by atoms with Gasteiger partial charge >= 0.3 is 5.97 Å². The molecule has 2 heterocycles. The average Bonchev–Trinajstić information content (AvgIpc) is 3.16. The first-order valence-corrected chi connectivity index (χ1v) is 12.9. The first kappa shape index (κ1) is 23.3. The fraction of sp³-hybridized carbons (Fsp3) is 0.348. The number of piperidine rings is 1. The van der Waals surface area contributed by atoms with Crippen LogP contribution in [0.1, 0.15) is 18.4 Å². The van der Waals surface area contributed by atoms with E-state index in [4.69, 9.17) is 4.74 Å². The summed E-state index contributed by atoms with van der Waals surface area (Å²) >= 11 is 1.31. The summed E-state index contributed by atoms with van der Waals surface area (Å²) in [6.45, 7) is 2.28. The number of para-hydroxylation sites is 1. The fourth-order valence-electron chi connectivity index (χ4n) is 3.86. The number of rotatable bonds is 5.